The average Bonchev–Trinajstić information content (AvgIpc) is 2.77. The van der Waals surface area contributed by atoms with Gasteiger partial charge in [-0.15, -0.1) is 0 Å². The van der Waals surface area contributed by atoms with E-state index in [1.807, 2.05) is 18.2 Å². The lowest BCUT2D eigenvalue weighted by Crippen LogP contribution is -2.02. The molecule has 0 atom stereocenters. The molecule has 112 valence electrons. The maximum absolute atomic E-state index is 10.6. The molecular formula is C18H14N4O. The number of nitrogens with zero attached hydrogens (tertiary/aromatic N) is 4. The molecule has 0 radical (unpaired) electrons. The molecule has 0 unspecified atom stereocenters. The van der Waals surface area contributed by atoms with Crippen molar-refractivity contribution in [3.8, 4) is 22.9 Å². The Kier molecular flexibility index (Phi) is 3.09. The molecule has 1 aromatic carbocycles. The van der Waals surface area contributed by atoms with Crippen LogP contribution in [0.3, 0.4) is 0 Å². The quantitative estimate of drug-likeness (QED) is 0.750. The minimum atomic E-state index is 0.193. The number of nitriles is 1. The maximum Gasteiger partial charge on any atom is 0.150 e. The van der Waals surface area contributed by atoms with Gasteiger partial charge in [0.05, 0.1) is 17.1 Å². The van der Waals surface area contributed by atoms with Crippen LogP contribution in [0, 0.1) is 11.3 Å². The monoisotopic (exact) mass is 302 g/mol. The van der Waals surface area contributed by atoms with Crippen LogP contribution in [0.5, 0.6) is 5.75 Å². The molecule has 3 aromatic rings. The lowest BCUT2D eigenvalue weighted by Gasteiger charge is -2.10. The van der Waals surface area contributed by atoms with Gasteiger partial charge in [0, 0.05) is 42.6 Å². The predicted molar refractivity (Wildman–Crippen MR) is 88.6 cm³/mol. The van der Waals surface area contributed by atoms with Gasteiger partial charge in [0.1, 0.15) is 11.4 Å². The second-order valence-corrected chi connectivity index (χ2v) is 5.54. The number of fused-ring (bicyclic) bond motifs is 3. The second-order valence-electron chi connectivity index (χ2n) is 5.54. The third kappa shape index (κ3) is 2.08. The third-order valence-electron chi connectivity index (χ3n) is 4.17. The van der Waals surface area contributed by atoms with Crippen molar-refractivity contribution in [1.29, 1.82) is 5.26 Å². The van der Waals surface area contributed by atoms with Crippen LogP contribution in [0.15, 0.2) is 41.7 Å². The van der Waals surface area contributed by atoms with Crippen molar-refractivity contribution < 1.29 is 5.11 Å². The fraction of sp³-hybridized carbons (Fsp3) is 0.167. The summed E-state index contributed by atoms with van der Waals surface area (Å²) in [6.45, 7) is 1.54. The summed E-state index contributed by atoms with van der Waals surface area (Å²) in [4.78, 5) is 8.39. The van der Waals surface area contributed by atoms with Gasteiger partial charge in [0.15, 0.2) is 0 Å². The molecule has 0 aliphatic carbocycles. The van der Waals surface area contributed by atoms with E-state index < -0.39 is 0 Å². The minimum absolute atomic E-state index is 0.193. The Morgan fingerprint density at radius 2 is 2.04 bits per heavy atom. The Morgan fingerprint density at radius 1 is 1.22 bits per heavy atom. The number of aromatic nitrogens is 2. The summed E-state index contributed by atoms with van der Waals surface area (Å²) in [5.74, 6) is 0.193. The van der Waals surface area contributed by atoms with Gasteiger partial charge in [-0.25, -0.2) is 0 Å². The normalized spacial score (nSPS) is 13.5. The van der Waals surface area contributed by atoms with Gasteiger partial charge in [0.25, 0.3) is 0 Å². The Bertz CT molecular complexity index is 964. The summed E-state index contributed by atoms with van der Waals surface area (Å²) in [6.07, 6.45) is 6.11. The Labute approximate surface area is 133 Å². The predicted octanol–water partition coefficient (Wildman–Crippen LogP) is 3.10. The Morgan fingerprint density at radius 3 is 2.83 bits per heavy atom. The Balaban J connectivity index is 2.14. The van der Waals surface area contributed by atoms with Crippen LogP contribution in [0.4, 0.5) is 0 Å². The van der Waals surface area contributed by atoms with Crippen LogP contribution in [0.1, 0.15) is 17.7 Å². The van der Waals surface area contributed by atoms with Crippen LogP contribution in [0.25, 0.3) is 22.0 Å². The lowest BCUT2D eigenvalue weighted by atomic mass is 10.0. The molecule has 4 rings (SSSR count). The van der Waals surface area contributed by atoms with Gasteiger partial charge in [-0.1, -0.05) is 0 Å². The van der Waals surface area contributed by atoms with E-state index >= 15 is 0 Å². The number of aryl methyl sites for hydroxylation is 1. The zero-order chi connectivity index (χ0) is 15.8. The molecule has 2 aromatic heterocycles. The van der Waals surface area contributed by atoms with Crippen molar-refractivity contribution in [2.24, 2.45) is 4.99 Å². The second kappa shape index (κ2) is 5.25. The van der Waals surface area contributed by atoms with Crippen LogP contribution in [0.2, 0.25) is 0 Å². The van der Waals surface area contributed by atoms with E-state index in [9.17, 15) is 10.4 Å². The van der Waals surface area contributed by atoms with E-state index in [4.69, 9.17) is 0 Å². The standard InChI is InChI=1S/C18H14N4O/c19-10-12-8-14(13-2-5-20-6-3-13)17-15(9-12)18(23)16-11-21-4-1-7-22(16)17/h2-3,5-6,8-9,11,23H,1,4,7H2. The third-order valence-corrected chi connectivity index (χ3v) is 4.17. The van der Waals surface area contributed by atoms with E-state index in [1.54, 1.807) is 24.7 Å². The summed E-state index contributed by atoms with van der Waals surface area (Å²) < 4.78 is 2.10. The van der Waals surface area contributed by atoms with E-state index in [2.05, 4.69) is 20.6 Å². The first-order valence-corrected chi connectivity index (χ1v) is 7.49. The number of aliphatic imine (C=N–C) groups is 1. The topological polar surface area (TPSA) is 74.2 Å². The molecule has 0 amide bonds. The molecule has 3 heterocycles. The van der Waals surface area contributed by atoms with Crippen molar-refractivity contribution in [3.05, 3.63) is 47.9 Å². The lowest BCUT2D eigenvalue weighted by molar-refractivity contribution is 0.477. The molecule has 0 saturated heterocycles. The highest BCUT2D eigenvalue weighted by atomic mass is 16.3. The molecule has 0 fully saturated rings. The zero-order valence-corrected chi connectivity index (χ0v) is 12.4. The fourth-order valence-corrected chi connectivity index (χ4v) is 3.14. The number of rotatable bonds is 1. The molecule has 0 spiro atoms. The maximum atomic E-state index is 10.6. The Hall–Kier alpha value is -3.13. The van der Waals surface area contributed by atoms with Gasteiger partial charge >= 0.3 is 0 Å². The average molecular weight is 302 g/mol. The van der Waals surface area contributed by atoms with Crippen LogP contribution >= 0.6 is 0 Å². The van der Waals surface area contributed by atoms with Crippen molar-refractivity contribution in [3.63, 3.8) is 0 Å². The van der Waals surface area contributed by atoms with Crippen molar-refractivity contribution in [1.82, 2.24) is 9.55 Å². The molecule has 1 aliphatic rings. The number of pyridine rings is 1. The van der Waals surface area contributed by atoms with Crippen LogP contribution in [-0.2, 0) is 6.54 Å². The molecule has 1 N–H and O–H groups in total. The highest BCUT2D eigenvalue weighted by Crippen LogP contribution is 2.39. The molecular weight excluding hydrogens is 288 g/mol. The van der Waals surface area contributed by atoms with Crippen LogP contribution in [-0.4, -0.2) is 27.4 Å². The summed E-state index contributed by atoms with van der Waals surface area (Å²) in [5, 5.41) is 20.6. The van der Waals surface area contributed by atoms with Gasteiger partial charge in [-0.05, 0) is 36.2 Å². The number of hydrogen-bond acceptors (Lipinski definition) is 4. The van der Waals surface area contributed by atoms with Crippen LogP contribution < -0.4 is 0 Å². The largest absolute Gasteiger partial charge is 0.505 e. The zero-order valence-electron chi connectivity index (χ0n) is 12.4. The highest BCUT2D eigenvalue weighted by molar-refractivity contribution is 6.04. The van der Waals surface area contributed by atoms with Crippen molar-refractivity contribution in [2.75, 3.05) is 6.54 Å². The molecule has 5 heteroatoms. The number of aromatic hydroxyl groups is 1. The van der Waals surface area contributed by atoms with E-state index in [0.717, 1.165) is 36.2 Å². The van der Waals surface area contributed by atoms with E-state index in [-0.39, 0.29) is 5.75 Å². The highest BCUT2D eigenvalue weighted by Gasteiger charge is 2.20. The molecule has 5 nitrogen and oxygen atoms in total. The van der Waals surface area contributed by atoms with Gasteiger partial charge in [-0.3, -0.25) is 9.98 Å². The van der Waals surface area contributed by atoms with E-state index in [1.165, 1.54) is 0 Å². The van der Waals surface area contributed by atoms with Crippen molar-refractivity contribution in [2.45, 2.75) is 13.0 Å². The minimum Gasteiger partial charge on any atom is -0.505 e. The summed E-state index contributed by atoms with van der Waals surface area (Å²) in [5.41, 5.74) is 4.08. The molecule has 23 heavy (non-hydrogen) atoms. The molecule has 0 bridgehead atoms. The summed E-state index contributed by atoms with van der Waals surface area (Å²) in [7, 11) is 0. The first kappa shape index (κ1) is 13.5. The SMILES string of the molecule is N#Cc1cc(-c2ccncc2)c2c(c1)c(O)c1n2CCCN=C1. The molecule has 1 aliphatic heterocycles. The van der Waals surface area contributed by atoms with E-state index in [0.29, 0.717) is 16.6 Å². The van der Waals surface area contributed by atoms with Gasteiger partial charge in [0.2, 0.25) is 0 Å². The molecule has 0 saturated carbocycles. The first-order chi connectivity index (χ1) is 11.3. The summed E-state index contributed by atoms with van der Waals surface area (Å²) >= 11 is 0. The first-order valence-electron chi connectivity index (χ1n) is 7.49. The van der Waals surface area contributed by atoms with Gasteiger partial charge < -0.3 is 9.67 Å². The summed E-state index contributed by atoms with van der Waals surface area (Å²) in [6, 6.07) is 9.62. The van der Waals surface area contributed by atoms with Crippen molar-refractivity contribution >= 4 is 17.1 Å². The fourth-order valence-electron chi connectivity index (χ4n) is 3.14. The van der Waals surface area contributed by atoms with Gasteiger partial charge in [-0.2, -0.15) is 5.26 Å². The number of benzene rings is 1. The smallest absolute Gasteiger partial charge is 0.150 e. The number of hydrogen-bond donors (Lipinski definition) is 1.